The summed E-state index contributed by atoms with van der Waals surface area (Å²) in [4.78, 5) is 42.3. The van der Waals surface area contributed by atoms with Crippen LogP contribution in [0.5, 0.6) is 0 Å². The molecule has 0 unspecified atom stereocenters. The number of carbonyl (C=O) groups excluding carboxylic acids is 4. The fourth-order valence-electron chi connectivity index (χ4n) is 6.48. The fraction of sp³-hybridized carbons (Fsp3) is 0.818. The SMILES string of the molecule is CCCCCCCCCCCCCCCCCCC(=CC(=O)[O-])C(=O)[O-].CCCCCCCCCCCCCCCCCCC(=CC(=O)[O-])C(=O)[O-].[Zn+2].[Zn+2]. The van der Waals surface area contributed by atoms with Gasteiger partial charge in [0.05, 0.1) is 23.9 Å². The van der Waals surface area contributed by atoms with Gasteiger partial charge in [0.1, 0.15) is 0 Å². The molecule has 304 valence electrons. The third kappa shape index (κ3) is 48.6. The molecule has 54 heavy (non-hydrogen) atoms. The van der Waals surface area contributed by atoms with Gasteiger partial charge in [-0.05, 0) is 49.0 Å². The van der Waals surface area contributed by atoms with E-state index in [0.29, 0.717) is 25.0 Å². The molecule has 0 aliphatic heterocycles. The molecule has 0 fully saturated rings. The summed E-state index contributed by atoms with van der Waals surface area (Å²) in [6.45, 7) is 4.51. The molecule has 0 heterocycles. The predicted molar refractivity (Wildman–Crippen MR) is 205 cm³/mol. The van der Waals surface area contributed by atoms with Gasteiger partial charge in [-0.25, -0.2) is 0 Å². The molecule has 0 saturated heterocycles. The first-order valence-electron chi connectivity index (χ1n) is 21.4. The van der Waals surface area contributed by atoms with Crippen LogP contribution in [-0.4, -0.2) is 23.9 Å². The van der Waals surface area contributed by atoms with Crippen molar-refractivity contribution < 1.29 is 78.6 Å². The average Bonchev–Trinajstić information content (AvgIpc) is 3.10. The summed E-state index contributed by atoms with van der Waals surface area (Å²) in [6.07, 6.45) is 41.9. The average molecular weight is 864 g/mol. The number of hydrogen-bond donors (Lipinski definition) is 0. The van der Waals surface area contributed by atoms with Crippen molar-refractivity contribution in [2.45, 2.75) is 232 Å². The topological polar surface area (TPSA) is 161 Å². The Labute approximate surface area is 356 Å². The number of aliphatic carboxylic acids is 4. The molecule has 0 aromatic heterocycles. The van der Waals surface area contributed by atoms with Gasteiger partial charge in [0.15, 0.2) is 0 Å². The first-order valence-corrected chi connectivity index (χ1v) is 21.4. The van der Waals surface area contributed by atoms with Crippen LogP contribution in [0.15, 0.2) is 23.3 Å². The van der Waals surface area contributed by atoms with Crippen molar-refractivity contribution in [2.24, 2.45) is 0 Å². The smallest absolute Gasteiger partial charge is 0.545 e. The van der Waals surface area contributed by atoms with Gasteiger partial charge in [0.25, 0.3) is 0 Å². The van der Waals surface area contributed by atoms with Crippen molar-refractivity contribution >= 4 is 23.9 Å². The van der Waals surface area contributed by atoms with E-state index in [0.717, 1.165) is 25.7 Å². The van der Waals surface area contributed by atoms with Crippen LogP contribution in [0, 0.1) is 0 Å². The molecule has 0 N–H and O–H groups in total. The number of carbonyl (C=O) groups is 4. The second-order valence-corrected chi connectivity index (χ2v) is 14.7. The van der Waals surface area contributed by atoms with Gasteiger partial charge in [-0.15, -0.1) is 0 Å². The Morgan fingerprint density at radius 2 is 0.481 bits per heavy atom. The molecule has 0 aromatic carbocycles. The molecule has 0 saturated carbocycles. The van der Waals surface area contributed by atoms with Crippen molar-refractivity contribution in [2.75, 3.05) is 0 Å². The predicted octanol–water partition coefficient (Wildman–Crippen LogP) is 8.12. The molecule has 0 aromatic rings. The van der Waals surface area contributed by atoms with Crippen LogP contribution in [0.1, 0.15) is 232 Å². The van der Waals surface area contributed by atoms with E-state index in [4.69, 9.17) is 0 Å². The summed E-state index contributed by atoms with van der Waals surface area (Å²) in [7, 11) is 0. The van der Waals surface area contributed by atoms with Crippen LogP contribution in [-0.2, 0) is 58.1 Å². The Hall–Kier alpha value is -1.39. The zero-order chi connectivity index (χ0) is 38.9. The third-order valence-electron chi connectivity index (χ3n) is 9.71. The molecule has 0 radical (unpaired) electrons. The minimum atomic E-state index is -1.47. The van der Waals surface area contributed by atoms with Crippen LogP contribution in [0.3, 0.4) is 0 Å². The van der Waals surface area contributed by atoms with Crippen LogP contribution >= 0.6 is 0 Å². The molecule has 8 nitrogen and oxygen atoms in total. The van der Waals surface area contributed by atoms with Crippen LogP contribution in [0.4, 0.5) is 0 Å². The van der Waals surface area contributed by atoms with E-state index in [9.17, 15) is 39.6 Å². The second-order valence-electron chi connectivity index (χ2n) is 14.7. The van der Waals surface area contributed by atoms with E-state index in [1.165, 1.54) is 167 Å². The normalized spacial score (nSPS) is 11.2. The molecule has 0 aliphatic rings. The van der Waals surface area contributed by atoms with E-state index in [2.05, 4.69) is 13.8 Å². The number of carboxylic acids is 4. The molecular formula is C44H76O8Zn2. The van der Waals surface area contributed by atoms with Crippen molar-refractivity contribution in [3.8, 4) is 0 Å². The van der Waals surface area contributed by atoms with Gasteiger partial charge in [-0.1, -0.05) is 206 Å². The van der Waals surface area contributed by atoms with E-state index in [1.807, 2.05) is 0 Å². The van der Waals surface area contributed by atoms with Gasteiger partial charge in [-0.2, -0.15) is 0 Å². The molecule has 0 atom stereocenters. The minimum absolute atomic E-state index is 0. The van der Waals surface area contributed by atoms with E-state index in [-0.39, 0.29) is 62.9 Å². The van der Waals surface area contributed by atoms with Crippen LogP contribution in [0.2, 0.25) is 0 Å². The Morgan fingerprint density at radius 1 is 0.315 bits per heavy atom. The standard InChI is InChI=1S/2C22H40O4.2Zn/c2*1-2-3-4-5-6-7-8-9-10-11-12-13-14-15-16-17-18-20(22(25)26)19-21(23)24;;/h2*19H,2-18H2,1H3,(H,23,24)(H,25,26);;/q;;2*+2/p-4. The van der Waals surface area contributed by atoms with E-state index in [1.54, 1.807) is 0 Å². The Kier molecular flexibility index (Phi) is 52.4. The minimum Gasteiger partial charge on any atom is -0.545 e. The molecule has 0 spiro atoms. The Bertz CT molecular complexity index is 862. The van der Waals surface area contributed by atoms with Crippen molar-refractivity contribution in [1.29, 1.82) is 0 Å². The Morgan fingerprint density at radius 3 is 0.630 bits per heavy atom. The zero-order valence-electron chi connectivity index (χ0n) is 34.9. The fourth-order valence-corrected chi connectivity index (χ4v) is 6.48. The number of rotatable bonds is 38. The summed E-state index contributed by atoms with van der Waals surface area (Å²) in [5, 5.41) is 42.3. The van der Waals surface area contributed by atoms with Crippen LogP contribution < -0.4 is 20.4 Å². The maximum atomic E-state index is 10.8. The van der Waals surface area contributed by atoms with Gasteiger partial charge in [0, 0.05) is 0 Å². The maximum Gasteiger partial charge on any atom is 2.00 e. The van der Waals surface area contributed by atoms with Gasteiger partial charge in [0.2, 0.25) is 0 Å². The summed E-state index contributed by atoms with van der Waals surface area (Å²) in [5.41, 5.74) is -0.342. The third-order valence-corrected chi connectivity index (χ3v) is 9.71. The summed E-state index contributed by atoms with van der Waals surface area (Å²) >= 11 is 0. The van der Waals surface area contributed by atoms with Gasteiger partial charge < -0.3 is 39.6 Å². The monoisotopic (exact) mass is 860 g/mol. The maximum absolute atomic E-state index is 10.8. The number of hydrogen-bond acceptors (Lipinski definition) is 8. The second kappa shape index (κ2) is 47.8. The number of carboxylic acid groups (broad SMARTS) is 4. The summed E-state index contributed by atoms with van der Waals surface area (Å²) in [6, 6.07) is 0. The first kappa shape index (κ1) is 59.3. The molecule has 10 heteroatoms. The van der Waals surface area contributed by atoms with E-state index >= 15 is 0 Å². The van der Waals surface area contributed by atoms with Gasteiger partial charge >= 0.3 is 39.0 Å². The molecule has 0 aliphatic carbocycles. The summed E-state index contributed by atoms with van der Waals surface area (Å²) in [5.74, 6) is -5.76. The molecular weight excluding hydrogens is 787 g/mol. The zero-order valence-corrected chi connectivity index (χ0v) is 40.8. The number of unbranched alkanes of at least 4 members (excludes halogenated alkanes) is 30. The molecule has 0 bridgehead atoms. The first-order chi connectivity index (χ1) is 25.1. The largest absolute Gasteiger partial charge is 2.00 e. The van der Waals surface area contributed by atoms with E-state index < -0.39 is 23.9 Å². The van der Waals surface area contributed by atoms with Crippen molar-refractivity contribution in [3.63, 3.8) is 0 Å². The van der Waals surface area contributed by atoms with Crippen LogP contribution in [0.25, 0.3) is 0 Å². The molecule has 0 rings (SSSR count). The van der Waals surface area contributed by atoms with Crippen molar-refractivity contribution in [3.05, 3.63) is 23.3 Å². The molecule has 0 amide bonds. The van der Waals surface area contributed by atoms with Gasteiger partial charge in [-0.3, -0.25) is 0 Å². The Balaban J connectivity index is -0.000000446. The van der Waals surface area contributed by atoms with Crippen molar-refractivity contribution in [1.82, 2.24) is 0 Å². The quantitative estimate of drug-likeness (QED) is 0.0342. The summed E-state index contributed by atoms with van der Waals surface area (Å²) < 4.78 is 0.